The first-order chi connectivity index (χ1) is 7.65. The van der Waals surface area contributed by atoms with Gasteiger partial charge in [-0.3, -0.25) is 0 Å². The average Bonchev–Trinajstić information content (AvgIpc) is 2.08. The zero-order chi connectivity index (χ0) is 13.6. The zero-order valence-electron chi connectivity index (χ0n) is 9.91. The second-order valence-electron chi connectivity index (χ2n) is 3.53. The minimum absolute atomic E-state index is 1.12. The Bertz CT molecular complexity index is 339. The molecule has 0 saturated carbocycles. The molecule has 0 saturated heterocycles. The van der Waals surface area contributed by atoms with Gasteiger partial charge in [0.05, 0.1) is 4.43 Å². The number of rotatable bonds is 2. The van der Waals surface area contributed by atoms with Crippen LogP contribution in [0.15, 0.2) is 12.1 Å². The average molecular weight is 376 g/mol. The molecule has 5 nitrogen and oxygen atoms in total. The molecule has 17 heavy (non-hydrogen) atoms. The highest BCUT2D eigenvalue weighted by atomic mass is 127. The summed E-state index contributed by atoms with van der Waals surface area (Å²) in [6, 6.07) is 4.47. The Labute approximate surface area is 117 Å². The van der Waals surface area contributed by atoms with E-state index in [2.05, 4.69) is 60.1 Å². The molecule has 0 aromatic carbocycles. The number of hydrogen-bond donors (Lipinski definition) is 0. The normalized spacial score (nSPS) is 10.8. The van der Waals surface area contributed by atoms with E-state index in [1.165, 1.54) is 21.4 Å². The van der Waals surface area contributed by atoms with E-state index in [1.807, 2.05) is 0 Å². The summed E-state index contributed by atoms with van der Waals surface area (Å²) in [7, 11) is -4.94. The molecule has 1 rings (SSSR count). The highest BCUT2D eigenvalue weighted by Crippen LogP contribution is 2.01. The maximum Gasteiger partial charge on any atom is 0.178 e. The van der Waals surface area contributed by atoms with Gasteiger partial charge in [-0.1, -0.05) is 22.6 Å². The van der Waals surface area contributed by atoms with Gasteiger partial charge >= 0.3 is 0 Å². The zero-order valence-corrected chi connectivity index (χ0v) is 12.8. The molecule has 0 aliphatic rings. The number of halogens is 2. The van der Waals surface area contributed by atoms with Crippen molar-refractivity contribution in [2.75, 3.05) is 4.43 Å². The fourth-order valence-electron chi connectivity index (χ4n) is 1.57. The van der Waals surface area contributed by atoms with E-state index < -0.39 is 10.2 Å². The lowest BCUT2D eigenvalue weighted by molar-refractivity contribution is -2.00. The molecule has 0 amide bonds. The summed E-state index contributed by atoms with van der Waals surface area (Å²) in [5.74, 6) is 0. The first-order valence-electron chi connectivity index (χ1n) is 4.80. The first kappa shape index (κ1) is 17.0. The van der Waals surface area contributed by atoms with Crippen molar-refractivity contribution in [3.63, 3.8) is 0 Å². The van der Waals surface area contributed by atoms with Gasteiger partial charge in [-0.05, 0) is 12.5 Å². The monoisotopic (exact) mass is 375 g/mol. The van der Waals surface area contributed by atoms with Crippen LogP contribution in [0, 0.1) is 31.0 Å². The van der Waals surface area contributed by atoms with Crippen molar-refractivity contribution in [3.8, 4) is 0 Å². The highest BCUT2D eigenvalue weighted by molar-refractivity contribution is 14.1. The van der Waals surface area contributed by atoms with Crippen molar-refractivity contribution in [1.29, 1.82) is 0 Å². The lowest BCUT2D eigenvalue weighted by atomic mass is 10.2. The Morgan fingerprint density at radius 2 is 1.41 bits per heavy atom. The van der Waals surface area contributed by atoms with Crippen LogP contribution in [0.1, 0.15) is 17.0 Å². The fraction of sp³-hybridized carbons (Fsp3) is 0.500. The number of hydrogen-bond acceptors (Lipinski definition) is 4. The van der Waals surface area contributed by atoms with Gasteiger partial charge in [0.25, 0.3) is 0 Å². The maximum atomic E-state index is 8.49. The van der Waals surface area contributed by atoms with Crippen LogP contribution in [0.2, 0.25) is 0 Å². The smallest absolute Gasteiger partial charge is 0.178 e. The number of nitrogens with zero attached hydrogens (tertiary/aromatic N) is 1. The quantitative estimate of drug-likeness (QED) is 0.326. The van der Waals surface area contributed by atoms with Crippen LogP contribution in [0.25, 0.3) is 0 Å². The van der Waals surface area contributed by atoms with Crippen LogP contribution in [-0.4, -0.2) is 4.43 Å². The molecule has 0 radical (unpaired) electrons. The van der Waals surface area contributed by atoms with Crippen LogP contribution in [0.3, 0.4) is 0 Å². The Hall–Kier alpha value is 0.01000. The van der Waals surface area contributed by atoms with Gasteiger partial charge in [0, 0.05) is 26.0 Å². The summed E-state index contributed by atoms with van der Waals surface area (Å²) >= 11 is 2.41. The summed E-state index contributed by atoms with van der Waals surface area (Å²) in [4.78, 5) is 0. The van der Waals surface area contributed by atoms with Crippen molar-refractivity contribution in [2.24, 2.45) is 0 Å². The summed E-state index contributed by atoms with van der Waals surface area (Å²) in [5.41, 5.74) is 4.09. The Balaban J connectivity index is 0.000000437. The third kappa shape index (κ3) is 8.70. The third-order valence-electron chi connectivity index (χ3n) is 2.03. The number of pyridine rings is 1. The topological polar surface area (TPSA) is 96.1 Å². The maximum absolute atomic E-state index is 8.49. The van der Waals surface area contributed by atoms with Gasteiger partial charge in [0.2, 0.25) is 0 Å². The molecular formula is C10H15ClINO4. The molecule has 0 fully saturated rings. The van der Waals surface area contributed by atoms with E-state index >= 15 is 0 Å². The molecule has 98 valence electrons. The predicted octanol–water partition coefficient (Wildman–Crippen LogP) is -2.42. The van der Waals surface area contributed by atoms with E-state index in [-0.39, 0.29) is 0 Å². The fourth-order valence-corrected chi connectivity index (χ4v) is 2.05. The largest absolute Gasteiger partial charge is 0.222 e. The van der Waals surface area contributed by atoms with Crippen molar-refractivity contribution < 1.29 is 33.4 Å². The molecule has 0 bridgehead atoms. The van der Waals surface area contributed by atoms with Gasteiger partial charge in [-0.2, -0.15) is 4.57 Å². The molecule has 0 N–H and O–H groups in total. The van der Waals surface area contributed by atoms with Gasteiger partial charge in [0.15, 0.2) is 17.9 Å². The summed E-state index contributed by atoms with van der Waals surface area (Å²) in [5, 5.41) is 0. The van der Waals surface area contributed by atoms with Crippen LogP contribution < -0.4 is 23.2 Å². The third-order valence-corrected chi connectivity index (χ3v) is 2.52. The molecule has 0 unspecified atom stereocenters. The Morgan fingerprint density at radius 1 is 1.06 bits per heavy atom. The van der Waals surface area contributed by atoms with Gasteiger partial charge in [0.1, 0.15) is 0 Å². The van der Waals surface area contributed by atoms with E-state index in [9.17, 15) is 0 Å². The number of alkyl halides is 1. The molecular weight excluding hydrogens is 360 g/mol. The first-order valence-corrected chi connectivity index (χ1v) is 7.56. The summed E-state index contributed by atoms with van der Waals surface area (Å²) in [6.45, 7) is 7.62. The van der Waals surface area contributed by atoms with E-state index in [4.69, 9.17) is 18.6 Å². The van der Waals surface area contributed by atoms with Crippen LogP contribution in [0.5, 0.6) is 0 Å². The van der Waals surface area contributed by atoms with E-state index in [0.29, 0.717) is 0 Å². The molecule has 0 atom stereocenters. The Kier molecular flexibility index (Phi) is 7.45. The number of aromatic nitrogens is 1. The van der Waals surface area contributed by atoms with Crippen molar-refractivity contribution in [2.45, 2.75) is 27.3 Å². The SMILES string of the molecule is Cc1cc(C)[n+](CCI)c(C)c1.[O-][Cl+3]([O-])([O-])[O-]. The molecule has 0 aliphatic heterocycles. The molecule has 7 heteroatoms. The van der Waals surface area contributed by atoms with E-state index in [0.717, 1.165) is 6.54 Å². The second kappa shape index (κ2) is 7.45. The van der Waals surface area contributed by atoms with Crippen molar-refractivity contribution in [3.05, 3.63) is 29.1 Å². The summed E-state index contributed by atoms with van der Waals surface area (Å²) in [6.07, 6.45) is 0. The molecule has 1 aromatic heterocycles. The van der Waals surface area contributed by atoms with E-state index in [1.54, 1.807) is 0 Å². The lowest BCUT2D eigenvalue weighted by Crippen LogP contribution is -2.68. The van der Waals surface area contributed by atoms with Crippen LogP contribution in [0.4, 0.5) is 0 Å². The second-order valence-corrected chi connectivity index (χ2v) is 5.37. The minimum Gasteiger partial charge on any atom is -0.222 e. The lowest BCUT2D eigenvalue weighted by Gasteiger charge is -2.17. The van der Waals surface area contributed by atoms with Crippen molar-refractivity contribution >= 4 is 22.6 Å². The number of aryl methyl sites for hydroxylation is 3. The highest BCUT2D eigenvalue weighted by Gasteiger charge is 2.09. The van der Waals surface area contributed by atoms with Gasteiger partial charge in [-0.25, -0.2) is 18.6 Å². The molecule has 0 aliphatic carbocycles. The molecule has 1 heterocycles. The predicted molar refractivity (Wildman–Crippen MR) is 59.7 cm³/mol. The van der Waals surface area contributed by atoms with Gasteiger partial charge < -0.3 is 0 Å². The minimum atomic E-state index is -4.94. The van der Waals surface area contributed by atoms with Crippen LogP contribution in [-0.2, 0) is 6.54 Å². The Morgan fingerprint density at radius 3 is 1.71 bits per heavy atom. The molecule has 0 spiro atoms. The summed E-state index contributed by atoms with van der Waals surface area (Å²) < 4.78 is 37.5. The van der Waals surface area contributed by atoms with Crippen LogP contribution >= 0.6 is 22.6 Å². The standard InChI is InChI=1S/C10H15IN.ClHO4/c1-8-6-9(2)12(5-4-11)10(3)7-8;2-1(3,4)5/h6-7H,4-5H2,1-3H3;(H,2,3,4,5)/q+1;/p-1. The van der Waals surface area contributed by atoms with Gasteiger partial charge in [-0.15, -0.1) is 10.2 Å². The molecule has 1 aromatic rings. The van der Waals surface area contributed by atoms with Crippen molar-refractivity contribution in [1.82, 2.24) is 0 Å².